The Morgan fingerprint density at radius 1 is 1.50 bits per heavy atom. The van der Waals surface area contributed by atoms with Crippen LogP contribution in [0.1, 0.15) is 30.0 Å². The average Bonchev–Trinajstić information content (AvgIpc) is 2.60. The van der Waals surface area contributed by atoms with Crippen LogP contribution in [-0.2, 0) is 11.8 Å². The third kappa shape index (κ3) is 1.90. The zero-order valence-corrected chi connectivity index (χ0v) is 10.7. The molecule has 0 bridgehead atoms. The van der Waals surface area contributed by atoms with Gasteiger partial charge in [-0.1, -0.05) is 0 Å². The fourth-order valence-corrected chi connectivity index (χ4v) is 1.71. The van der Waals surface area contributed by atoms with E-state index in [1.54, 1.807) is 27.8 Å². The summed E-state index contributed by atoms with van der Waals surface area (Å²) in [4.78, 5) is 27.9. The number of aryl methyl sites for hydroxylation is 2. The monoisotopic (exact) mass is 250 g/mol. The molecule has 0 amide bonds. The molecule has 18 heavy (non-hydrogen) atoms. The van der Waals surface area contributed by atoms with Crippen molar-refractivity contribution in [1.82, 2.24) is 9.55 Å². The Hall–Kier alpha value is -2.11. The van der Waals surface area contributed by atoms with Gasteiger partial charge in [0, 0.05) is 7.05 Å². The zero-order valence-electron chi connectivity index (χ0n) is 10.7. The minimum absolute atomic E-state index is 0.159. The molecule has 0 spiro atoms. The van der Waals surface area contributed by atoms with Crippen LogP contribution in [0.3, 0.4) is 0 Å². The minimum atomic E-state index is -0.564. The van der Waals surface area contributed by atoms with Gasteiger partial charge in [0.1, 0.15) is 23.0 Å². The molecule has 0 aliphatic rings. The fourth-order valence-electron chi connectivity index (χ4n) is 1.71. The molecule has 6 heteroatoms. The summed E-state index contributed by atoms with van der Waals surface area (Å²) in [6.45, 7) is 5.09. The van der Waals surface area contributed by atoms with Crippen LogP contribution in [0, 0.1) is 6.92 Å². The molecule has 0 radical (unpaired) electrons. The van der Waals surface area contributed by atoms with Crippen LogP contribution in [0.4, 0.5) is 0 Å². The van der Waals surface area contributed by atoms with E-state index < -0.39 is 5.97 Å². The molecule has 0 N–H and O–H groups in total. The number of fused-ring (bicyclic) bond motifs is 1. The number of esters is 1. The highest BCUT2D eigenvalue weighted by atomic mass is 16.5. The van der Waals surface area contributed by atoms with Crippen LogP contribution in [0.2, 0.25) is 0 Å². The first-order valence-electron chi connectivity index (χ1n) is 5.57. The lowest BCUT2D eigenvalue weighted by atomic mass is 10.2. The van der Waals surface area contributed by atoms with E-state index in [1.807, 2.05) is 0 Å². The van der Waals surface area contributed by atoms with E-state index in [9.17, 15) is 9.59 Å². The van der Waals surface area contributed by atoms with E-state index in [4.69, 9.17) is 9.15 Å². The number of furan rings is 1. The van der Waals surface area contributed by atoms with Crippen molar-refractivity contribution in [2.75, 3.05) is 0 Å². The SMILES string of the molecule is Cc1oc2ncn(C)c(=O)c2c1C(=O)OC(C)C. The Morgan fingerprint density at radius 2 is 2.17 bits per heavy atom. The second-order valence-electron chi connectivity index (χ2n) is 4.33. The summed E-state index contributed by atoms with van der Waals surface area (Å²) in [5, 5.41) is 0.170. The van der Waals surface area contributed by atoms with Gasteiger partial charge in [-0.25, -0.2) is 9.78 Å². The van der Waals surface area contributed by atoms with Crippen LogP contribution >= 0.6 is 0 Å². The summed E-state index contributed by atoms with van der Waals surface area (Å²) < 4.78 is 11.7. The van der Waals surface area contributed by atoms with Crippen molar-refractivity contribution in [3.8, 4) is 0 Å². The van der Waals surface area contributed by atoms with Crippen LogP contribution in [0.15, 0.2) is 15.5 Å². The van der Waals surface area contributed by atoms with E-state index in [-0.39, 0.29) is 28.3 Å². The van der Waals surface area contributed by atoms with Crippen molar-refractivity contribution in [1.29, 1.82) is 0 Å². The molecular weight excluding hydrogens is 236 g/mol. The van der Waals surface area contributed by atoms with Gasteiger partial charge >= 0.3 is 5.97 Å². The first kappa shape index (κ1) is 12.3. The molecule has 2 aromatic heterocycles. The van der Waals surface area contributed by atoms with Crippen LogP contribution in [-0.4, -0.2) is 21.6 Å². The quantitative estimate of drug-likeness (QED) is 0.753. The molecule has 2 heterocycles. The molecule has 0 atom stereocenters. The van der Waals surface area contributed by atoms with Gasteiger partial charge < -0.3 is 13.7 Å². The third-order valence-corrected chi connectivity index (χ3v) is 2.49. The van der Waals surface area contributed by atoms with Crippen LogP contribution < -0.4 is 5.56 Å². The molecular formula is C12H14N2O4. The molecule has 0 aliphatic carbocycles. The lowest BCUT2D eigenvalue weighted by Gasteiger charge is -2.06. The molecule has 0 saturated heterocycles. The summed E-state index contributed by atoms with van der Waals surface area (Å²) in [6, 6.07) is 0. The fraction of sp³-hybridized carbons (Fsp3) is 0.417. The average molecular weight is 250 g/mol. The van der Waals surface area contributed by atoms with Gasteiger partial charge in [0.15, 0.2) is 0 Å². The van der Waals surface area contributed by atoms with Gasteiger partial charge in [-0.15, -0.1) is 0 Å². The summed E-state index contributed by atoms with van der Waals surface area (Å²) in [7, 11) is 1.56. The molecule has 0 fully saturated rings. The highest BCUT2D eigenvalue weighted by molar-refractivity contribution is 6.03. The van der Waals surface area contributed by atoms with Gasteiger partial charge in [-0.2, -0.15) is 0 Å². The predicted octanol–water partition coefficient (Wildman–Crippen LogP) is 1.40. The number of ether oxygens (including phenoxy) is 1. The van der Waals surface area contributed by atoms with E-state index in [1.165, 1.54) is 10.9 Å². The lowest BCUT2D eigenvalue weighted by molar-refractivity contribution is 0.0378. The maximum atomic E-state index is 12.0. The van der Waals surface area contributed by atoms with Crippen molar-refractivity contribution >= 4 is 17.1 Å². The third-order valence-electron chi connectivity index (χ3n) is 2.49. The van der Waals surface area contributed by atoms with Crippen molar-refractivity contribution in [3.05, 3.63) is 28.0 Å². The summed E-state index contributed by atoms with van der Waals surface area (Å²) >= 11 is 0. The predicted molar refractivity (Wildman–Crippen MR) is 64.5 cm³/mol. The summed E-state index contributed by atoms with van der Waals surface area (Å²) in [5.41, 5.74) is -0.00809. The molecule has 0 unspecified atom stereocenters. The number of rotatable bonds is 2. The van der Waals surface area contributed by atoms with E-state index in [0.717, 1.165) is 0 Å². The number of carbonyl (C=O) groups excluding carboxylic acids is 1. The summed E-state index contributed by atoms with van der Waals surface area (Å²) in [5.74, 6) is -0.224. The number of aromatic nitrogens is 2. The molecule has 6 nitrogen and oxygen atoms in total. The minimum Gasteiger partial charge on any atom is -0.459 e. The number of carbonyl (C=O) groups is 1. The normalized spacial score (nSPS) is 11.2. The Bertz CT molecular complexity index is 667. The molecule has 96 valence electrons. The molecule has 0 aromatic carbocycles. The lowest BCUT2D eigenvalue weighted by Crippen LogP contribution is -2.20. The highest BCUT2D eigenvalue weighted by Crippen LogP contribution is 2.21. The Morgan fingerprint density at radius 3 is 2.78 bits per heavy atom. The van der Waals surface area contributed by atoms with Crippen molar-refractivity contribution in [2.45, 2.75) is 26.9 Å². The Balaban J connectivity index is 2.70. The van der Waals surface area contributed by atoms with Gasteiger partial charge in [0.2, 0.25) is 5.71 Å². The van der Waals surface area contributed by atoms with Gasteiger partial charge in [-0.3, -0.25) is 4.79 Å². The van der Waals surface area contributed by atoms with Gasteiger partial charge in [0.05, 0.1) is 6.10 Å². The first-order chi connectivity index (χ1) is 8.41. The van der Waals surface area contributed by atoms with Crippen LogP contribution in [0.25, 0.3) is 11.1 Å². The highest BCUT2D eigenvalue weighted by Gasteiger charge is 2.24. The smallest absolute Gasteiger partial charge is 0.342 e. The van der Waals surface area contributed by atoms with Crippen LogP contribution in [0.5, 0.6) is 0 Å². The Labute approximate surface area is 103 Å². The molecule has 0 saturated carbocycles. The van der Waals surface area contributed by atoms with E-state index >= 15 is 0 Å². The number of hydrogen-bond donors (Lipinski definition) is 0. The van der Waals surface area contributed by atoms with Crippen molar-refractivity contribution < 1.29 is 13.9 Å². The second-order valence-corrected chi connectivity index (χ2v) is 4.33. The molecule has 2 rings (SSSR count). The largest absolute Gasteiger partial charge is 0.459 e. The Kier molecular flexibility index (Phi) is 2.94. The molecule has 2 aromatic rings. The van der Waals surface area contributed by atoms with E-state index in [2.05, 4.69) is 4.98 Å². The first-order valence-corrected chi connectivity index (χ1v) is 5.57. The van der Waals surface area contributed by atoms with Gasteiger partial charge in [-0.05, 0) is 20.8 Å². The molecule has 0 aliphatic heterocycles. The maximum absolute atomic E-state index is 12.0. The number of hydrogen-bond acceptors (Lipinski definition) is 5. The van der Waals surface area contributed by atoms with Crippen molar-refractivity contribution in [2.24, 2.45) is 7.05 Å². The standard InChI is InChI=1S/C12H14N2O4/c1-6(2)17-12(16)8-7(3)18-10-9(8)11(15)14(4)5-13-10/h5-6H,1-4H3. The van der Waals surface area contributed by atoms with Crippen molar-refractivity contribution in [3.63, 3.8) is 0 Å². The number of nitrogens with zero attached hydrogens (tertiary/aromatic N) is 2. The zero-order chi connectivity index (χ0) is 13.4. The van der Waals surface area contributed by atoms with Gasteiger partial charge in [0.25, 0.3) is 5.56 Å². The summed E-state index contributed by atoms with van der Waals surface area (Å²) in [6.07, 6.45) is 1.09. The maximum Gasteiger partial charge on any atom is 0.342 e. The topological polar surface area (TPSA) is 74.3 Å². The van der Waals surface area contributed by atoms with E-state index in [0.29, 0.717) is 5.76 Å². The second kappa shape index (κ2) is 4.29.